The highest BCUT2D eigenvalue weighted by molar-refractivity contribution is 5.67. The van der Waals surface area contributed by atoms with E-state index in [0.717, 1.165) is 18.2 Å². The van der Waals surface area contributed by atoms with Crippen LogP contribution in [0.4, 0.5) is 13.2 Å². The molecule has 0 aliphatic carbocycles. The van der Waals surface area contributed by atoms with Gasteiger partial charge < -0.3 is 5.11 Å². The minimum Gasteiger partial charge on any atom is -0.395 e. The molecule has 2 rings (SSSR count). The molecule has 0 spiro atoms. The van der Waals surface area contributed by atoms with Crippen LogP contribution in [0.3, 0.4) is 0 Å². The Morgan fingerprint density at radius 3 is 2.63 bits per heavy atom. The smallest absolute Gasteiger partial charge is 0.395 e. The molecule has 0 saturated heterocycles. The number of alkyl halides is 3. The van der Waals surface area contributed by atoms with E-state index in [9.17, 15) is 13.2 Å². The molecule has 104 valence electrons. The topological polar surface area (TPSA) is 23.5 Å². The van der Waals surface area contributed by atoms with Crippen LogP contribution in [0, 0.1) is 0 Å². The molecule has 1 N–H and O–H groups in total. The average molecular weight is 271 g/mol. The summed E-state index contributed by atoms with van der Waals surface area (Å²) in [6, 6.07) is 5.44. The summed E-state index contributed by atoms with van der Waals surface area (Å²) in [4.78, 5) is 2.07. The maximum atomic E-state index is 12.6. The number of benzene rings is 1. The number of β-amino-alcohol motifs (C(OH)–C–C–N with tert-alkyl or cyclic N) is 1. The Balaban J connectivity index is 2.15. The molecule has 5 heteroatoms. The van der Waals surface area contributed by atoms with Gasteiger partial charge in [-0.2, -0.15) is 13.2 Å². The molecule has 1 heterocycles. The van der Waals surface area contributed by atoms with E-state index < -0.39 is 11.7 Å². The second-order valence-corrected chi connectivity index (χ2v) is 4.58. The molecule has 0 atom stereocenters. The number of halogens is 3. The zero-order valence-corrected chi connectivity index (χ0v) is 10.5. The summed E-state index contributed by atoms with van der Waals surface area (Å²) in [5.74, 6) is 0. The van der Waals surface area contributed by atoms with Crippen molar-refractivity contribution in [3.05, 3.63) is 41.5 Å². The zero-order valence-electron chi connectivity index (χ0n) is 10.5. The fraction of sp³-hybridized carbons (Fsp3) is 0.429. The summed E-state index contributed by atoms with van der Waals surface area (Å²) < 4.78 is 37.9. The number of aliphatic hydroxyl groups is 1. The van der Waals surface area contributed by atoms with Crippen molar-refractivity contribution >= 4 is 5.57 Å². The average Bonchev–Trinajstić information content (AvgIpc) is 2.39. The van der Waals surface area contributed by atoms with Crippen LogP contribution in [0.25, 0.3) is 5.57 Å². The van der Waals surface area contributed by atoms with E-state index in [1.165, 1.54) is 12.1 Å². The van der Waals surface area contributed by atoms with E-state index >= 15 is 0 Å². The van der Waals surface area contributed by atoms with Crippen LogP contribution in [-0.2, 0) is 6.18 Å². The van der Waals surface area contributed by atoms with Gasteiger partial charge in [-0.1, -0.05) is 18.2 Å². The zero-order chi connectivity index (χ0) is 13.9. The highest BCUT2D eigenvalue weighted by Crippen LogP contribution is 2.32. The SMILES string of the molecule is OCCN1CC=C(c2cccc(C(F)(F)F)c2)CC1. The van der Waals surface area contributed by atoms with E-state index in [-0.39, 0.29) is 6.61 Å². The lowest BCUT2D eigenvalue weighted by atomic mass is 9.97. The number of hydrogen-bond donors (Lipinski definition) is 1. The molecule has 0 aromatic heterocycles. The molecule has 1 aromatic carbocycles. The lowest BCUT2D eigenvalue weighted by molar-refractivity contribution is -0.137. The Morgan fingerprint density at radius 1 is 1.26 bits per heavy atom. The highest BCUT2D eigenvalue weighted by atomic mass is 19.4. The molecular weight excluding hydrogens is 255 g/mol. The van der Waals surface area contributed by atoms with E-state index in [1.807, 2.05) is 6.08 Å². The Kier molecular flexibility index (Phi) is 4.27. The number of hydrogen-bond acceptors (Lipinski definition) is 2. The molecule has 0 radical (unpaired) electrons. The quantitative estimate of drug-likeness (QED) is 0.913. The molecule has 19 heavy (non-hydrogen) atoms. The van der Waals surface area contributed by atoms with Crippen molar-refractivity contribution in [2.24, 2.45) is 0 Å². The first-order valence-corrected chi connectivity index (χ1v) is 6.20. The van der Waals surface area contributed by atoms with Gasteiger partial charge in [0, 0.05) is 19.6 Å². The van der Waals surface area contributed by atoms with Gasteiger partial charge in [0.2, 0.25) is 0 Å². The van der Waals surface area contributed by atoms with Gasteiger partial charge in [-0.3, -0.25) is 4.90 Å². The van der Waals surface area contributed by atoms with Gasteiger partial charge in [-0.25, -0.2) is 0 Å². The highest BCUT2D eigenvalue weighted by Gasteiger charge is 2.30. The van der Waals surface area contributed by atoms with Crippen LogP contribution < -0.4 is 0 Å². The molecule has 1 aliphatic rings. The third kappa shape index (κ3) is 3.58. The van der Waals surface area contributed by atoms with Gasteiger partial charge in [-0.15, -0.1) is 0 Å². The normalized spacial score (nSPS) is 17.4. The van der Waals surface area contributed by atoms with Crippen molar-refractivity contribution in [1.29, 1.82) is 0 Å². The van der Waals surface area contributed by atoms with Gasteiger partial charge in [0.1, 0.15) is 0 Å². The first kappa shape index (κ1) is 14.1. The number of rotatable bonds is 3. The lowest BCUT2D eigenvalue weighted by Gasteiger charge is -2.25. The maximum Gasteiger partial charge on any atom is 0.416 e. The third-order valence-electron chi connectivity index (χ3n) is 3.27. The van der Waals surface area contributed by atoms with Crippen LogP contribution in [-0.4, -0.2) is 36.2 Å². The van der Waals surface area contributed by atoms with Gasteiger partial charge >= 0.3 is 6.18 Å². The van der Waals surface area contributed by atoms with Crippen molar-refractivity contribution in [2.75, 3.05) is 26.2 Å². The summed E-state index contributed by atoms with van der Waals surface area (Å²) in [5, 5.41) is 8.84. The summed E-state index contributed by atoms with van der Waals surface area (Å²) in [6.07, 6.45) is -1.65. The van der Waals surface area contributed by atoms with Crippen LogP contribution in [0.2, 0.25) is 0 Å². The number of aliphatic hydroxyl groups excluding tert-OH is 1. The number of nitrogens with zero attached hydrogens (tertiary/aromatic N) is 1. The summed E-state index contributed by atoms with van der Waals surface area (Å²) in [7, 11) is 0. The van der Waals surface area contributed by atoms with E-state index in [4.69, 9.17) is 5.11 Å². The van der Waals surface area contributed by atoms with Gasteiger partial charge in [-0.05, 0) is 29.7 Å². The van der Waals surface area contributed by atoms with Gasteiger partial charge in [0.05, 0.1) is 12.2 Å². The van der Waals surface area contributed by atoms with Crippen LogP contribution in [0.15, 0.2) is 30.3 Å². The summed E-state index contributed by atoms with van der Waals surface area (Å²) >= 11 is 0. The van der Waals surface area contributed by atoms with Crippen LogP contribution in [0.5, 0.6) is 0 Å². The molecule has 1 aliphatic heterocycles. The maximum absolute atomic E-state index is 12.6. The molecule has 0 bridgehead atoms. The Hall–Kier alpha value is -1.33. The Labute approximate surface area is 110 Å². The molecule has 0 amide bonds. The van der Waals surface area contributed by atoms with Crippen molar-refractivity contribution in [2.45, 2.75) is 12.6 Å². The third-order valence-corrected chi connectivity index (χ3v) is 3.27. The fourth-order valence-electron chi connectivity index (χ4n) is 2.21. The van der Waals surface area contributed by atoms with Gasteiger partial charge in [0.25, 0.3) is 0 Å². The first-order valence-electron chi connectivity index (χ1n) is 6.20. The predicted octanol–water partition coefficient (Wildman–Crippen LogP) is 2.79. The second-order valence-electron chi connectivity index (χ2n) is 4.58. The summed E-state index contributed by atoms with van der Waals surface area (Å²) in [6.45, 7) is 2.15. The Morgan fingerprint density at radius 2 is 2.05 bits per heavy atom. The summed E-state index contributed by atoms with van der Waals surface area (Å²) in [5.41, 5.74) is 0.974. The van der Waals surface area contributed by atoms with Crippen molar-refractivity contribution in [1.82, 2.24) is 4.90 Å². The first-order chi connectivity index (χ1) is 9.00. The van der Waals surface area contributed by atoms with Crippen molar-refractivity contribution in [3.8, 4) is 0 Å². The van der Waals surface area contributed by atoms with Crippen molar-refractivity contribution < 1.29 is 18.3 Å². The fourth-order valence-corrected chi connectivity index (χ4v) is 2.21. The van der Waals surface area contributed by atoms with Crippen molar-refractivity contribution in [3.63, 3.8) is 0 Å². The molecule has 1 aromatic rings. The predicted molar refractivity (Wildman–Crippen MR) is 67.6 cm³/mol. The van der Waals surface area contributed by atoms with E-state index in [1.54, 1.807) is 6.07 Å². The van der Waals surface area contributed by atoms with Crippen LogP contribution >= 0.6 is 0 Å². The van der Waals surface area contributed by atoms with Gasteiger partial charge in [0.15, 0.2) is 0 Å². The Bertz CT molecular complexity index is 468. The standard InChI is InChI=1S/C14H16F3NO/c15-14(16,17)13-3-1-2-12(10-13)11-4-6-18(7-5-11)8-9-19/h1-4,10,19H,5-9H2. The minimum absolute atomic E-state index is 0.104. The molecule has 2 nitrogen and oxygen atoms in total. The molecule has 0 saturated carbocycles. The minimum atomic E-state index is -4.30. The molecular formula is C14H16F3NO. The second kappa shape index (κ2) is 5.75. The van der Waals surface area contributed by atoms with E-state index in [2.05, 4.69) is 4.90 Å². The molecule has 0 fully saturated rings. The molecule has 0 unspecified atom stereocenters. The monoisotopic (exact) mass is 271 g/mol. The largest absolute Gasteiger partial charge is 0.416 e. The lowest BCUT2D eigenvalue weighted by Crippen LogP contribution is -2.31. The van der Waals surface area contributed by atoms with Crippen LogP contribution in [0.1, 0.15) is 17.5 Å². The van der Waals surface area contributed by atoms with E-state index in [0.29, 0.717) is 25.1 Å².